The Balaban J connectivity index is 2.52. The first-order valence-corrected chi connectivity index (χ1v) is 5.39. The number of amides is 2. The molecule has 2 amide bonds. The Morgan fingerprint density at radius 1 is 1.41 bits per heavy atom. The van der Waals surface area contributed by atoms with Crippen LogP contribution in [0.15, 0.2) is 22.8 Å². The van der Waals surface area contributed by atoms with Gasteiger partial charge in [-0.3, -0.25) is 9.59 Å². The number of hydrogen-bond acceptors (Lipinski definition) is 3. The highest BCUT2D eigenvalue weighted by molar-refractivity contribution is 5.94. The summed E-state index contributed by atoms with van der Waals surface area (Å²) in [7, 11) is 1.56. The van der Waals surface area contributed by atoms with E-state index >= 15 is 0 Å². The van der Waals surface area contributed by atoms with E-state index in [-0.39, 0.29) is 29.7 Å². The van der Waals surface area contributed by atoms with Gasteiger partial charge in [0.05, 0.1) is 12.8 Å². The van der Waals surface area contributed by atoms with E-state index in [4.69, 9.17) is 4.42 Å². The number of nitrogens with zero attached hydrogens (tertiary/aromatic N) is 1. The molecule has 0 aliphatic heterocycles. The molecule has 0 unspecified atom stereocenters. The van der Waals surface area contributed by atoms with E-state index in [1.807, 2.05) is 20.8 Å². The van der Waals surface area contributed by atoms with Crippen LogP contribution in [0.2, 0.25) is 0 Å². The maximum atomic E-state index is 11.8. The predicted molar refractivity (Wildman–Crippen MR) is 63.6 cm³/mol. The van der Waals surface area contributed by atoms with E-state index in [2.05, 4.69) is 5.32 Å². The van der Waals surface area contributed by atoms with Gasteiger partial charge in [0.2, 0.25) is 5.91 Å². The van der Waals surface area contributed by atoms with Gasteiger partial charge in [-0.1, -0.05) is 0 Å². The second-order valence-corrected chi connectivity index (χ2v) is 4.94. The summed E-state index contributed by atoms with van der Waals surface area (Å²) in [5.74, 6) is -0.268. The fourth-order valence-corrected chi connectivity index (χ4v) is 1.33. The number of furan rings is 1. The molecule has 0 bridgehead atoms. The zero-order valence-electron chi connectivity index (χ0n) is 10.6. The van der Waals surface area contributed by atoms with Gasteiger partial charge < -0.3 is 14.6 Å². The van der Waals surface area contributed by atoms with Crippen molar-refractivity contribution in [2.24, 2.45) is 0 Å². The molecule has 94 valence electrons. The maximum Gasteiger partial charge on any atom is 0.289 e. The summed E-state index contributed by atoms with van der Waals surface area (Å²) >= 11 is 0. The topological polar surface area (TPSA) is 62.6 Å². The SMILES string of the molecule is CN(CC(=O)NC(C)(C)C)C(=O)c1ccco1. The molecule has 1 heterocycles. The third kappa shape index (κ3) is 4.30. The van der Waals surface area contributed by atoms with Gasteiger partial charge in [0, 0.05) is 12.6 Å². The minimum Gasteiger partial charge on any atom is -0.459 e. The average molecular weight is 238 g/mol. The van der Waals surface area contributed by atoms with Gasteiger partial charge in [0.25, 0.3) is 5.91 Å². The van der Waals surface area contributed by atoms with E-state index in [1.54, 1.807) is 19.2 Å². The molecule has 0 saturated heterocycles. The van der Waals surface area contributed by atoms with Crippen LogP contribution < -0.4 is 5.32 Å². The summed E-state index contributed by atoms with van der Waals surface area (Å²) in [6, 6.07) is 3.21. The van der Waals surface area contributed by atoms with Crippen LogP contribution in [0.25, 0.3) is 0 Å². The van der Waals surface area contributed by atoms with Crippen molar-refractivity contribution in [3.63, 3.8) is 0 Å². The molecule has 5 nitrogen and oxygen atoms in total. The highest BCUT2D eigenvalue weighted by Gasteiger charge is 2.19. The second-order valence-electron chi connectivity index (χ2n) is 4.94. The predicted octanol–water partition coefficient (Wildman–Crippen LogP) is 1.27. The first kappa shape index (κ1) is 13.3. The molecule has 0 atom stereocenters. The number of nitrogens with one attached hydrogen (secondary N) is 1. The van der Waals surface area contributed by atoms with Gasteiger partial charge in [-0.05, 0) is 32.9 Å². The molecule has 0 aliphatic carbocycles. The lowest BCUT2D eigenvalue weighted by molar-refractivity contribution is -0.122. The summed E-state index contributed by atoms with van der Waals surface area (Å²) in [5, 5.41) is 2.79. The van der Waals surface area contributed by atoms with Crippen molar-refractivity contribution in [1.29, 1.82) is 0 Å². The Morgan fingerprint density at radius 3 is 2.53 bits per heavy atom. The number of carbonyl (C=O) groups is 2. The zero-order chi connectivity index (χ0) is 13.1. The van der Waals surface area contributed by atoms with Crippen molar-refractivity contribution in [2.45, 2.75) is 26.3 Å². The van der Waals surface area contributed by atoms with E-state index in [1.165, 1.54) is 11.2 Å². The van der Waals surface area contributed by atoms with Gasteiger partial charge in [-0.15, -0.1) is 0 Å². The van der Waals surface area contributed by atoms with Crippen LogP contribution in [0, 0.1) is 0 Å². The van der Waals surface area contributed by atoms with Crippen molar-refractivity contribution >= 4 is 11.8 Å². The Labute approximate surface area is 101 Å². The van der Waals surface area contributed by atoms with Gasteiger partial charge in [-0.25, -0.2) is 0 Å². The highest BCUT2D eigenvalue weighted by atomic mass is 16.3. The monoisotopic (exact) mass is 238 g/mol. The van der Waals surface area contributed by atoms with Crippen molar-refractivity contribution in [2.75, 3.05) is 13.6 Å². The van der Waals surface area contributed by atoms with Crippen molar-refractivity contribution in [3.05, 3.63) is 24.2 Å². The molecule has 0 saturated carbocycles. The Bertz CT molecular complexity index is 390. The Kier molecular flexibility index (Phi) is 3.93. The Hall–Kier alpha value is -1.78. The summed E-state index contributed by atoms with van der Waals surface area (Å²) in [6.07, 6.45) is 1.43. The molecule has 1 N–H and O–H groups in total. The fraction of sp³-hybridized carbons (Fsp3) is 0.500. The smallest absolute Gasteiger partial charge is 0.289 e. The van der Waals surface area contributed by atoms with Crippen molar-refractivity contribution < 1.29 is 14.0 Å². The van der Waals surface area contributed by atoms with Gasteiger partial charge in [0.15, 0.2) is 5.76 Å². The number of hydrogen-bond donors (Lipinski definition) is 1. The van der Waals surface area contributed by atoms with Crippen molar-refractivity contribution in [3.8, 4) is 0 Å². The van der Waals surface area contributed by atoms with E-state index in [9.17, 15) is 9.59 Å². The molecule has 1 rings (SSSR count). The van der Waals surface area contributed by atoms with Crippen LogP contribution >= 0.6 is 0 Å². The van der Waals surface area contributed by atoms with Crippen molar-refractivity contribution in [1.82, 2.24) is 10.2 Å². The lowest BCUT2D eigenvalue weighted by Crippen LogP contribution is -2.46. The third-order valence-electron chi connectivity index (χ3n) is 1.97. The minimum atomic E-state index is -0.306. The van der Waals surface area contributed by atoms with E-state index < -0.39 is 0 Å². The quantitative estimate of drug-likeness (QED) is 0.862. The standard InChI is InChI=1S/C12H18N2O3/c1-12(2,3)13-10(15)8-14(4)11(16)9-6-5-7-17-9/h5-7H,8H2,1-4H3,(H,13,15). The molecule has 1 aromatic rings. The van der Waals surface area contributed by atoms with Crippen LogP contribution in [0.4, 0.5) is 0 Å². The van der Waals surface area contributed by atoms with Gasteiger partial charge in [-0.2, -0.15) is 0 Å². The Morgan fingerprint density at radius 2 is 2.06 bits per heavy atom. The molecule has 5 heteroatoms. The van der Waals surface area contributed by atoms with Crippen LogP contribution in [0.3, 0.4) is 0 Å². The lowest BCUT2D eigenvalue weighted by Gasteiger charge is -2.23. The molecule has 1 aromatic heterocycles. The summed E-state index contributed by atoms with van der Waals surface area (Å²) in [6.45, 7) is 5.68. The van der Waals surface area contributed by atoms with Gasteiger partial charge >= 0.3 is 0 Å². The van der Waals surface area contributed by atoms with Crippen LogP contribution in [0.5, 0.6) is 0 Å². The zero-order valence-corrected chi connectivity index (χ0v) is 10.6. The first-order valence-electron chi connectivity index (χ1n) is 5.39. The maximum absolute atomic E-state index is 11.8. The third-order valence-corrected chi connectivity index (χ3v) is 1.97. The summed E-state index contributed by atoms with van der Waals surface area (Å²) < 4.78 is 4.98. The molecular weight excluding hydrogens is 220 g/mol. The summed E-state index contributed by atoms with van der Waals surface area (Å²) in [5.41, 5.74) is -0.300. The molecule has 0 fully saturated rings. The average Bonchev–Trinajstić information content (AvgIpc) is 2.65. The van der Waals surface area contributed by atoms with E-state index in [0.29, 0.717) is 0 Å². The van der Waals surface area contributed by atoms with Crippen LogP contribution in [0.1, 0.15) is 31.3 Å². The van der Waals surface area contributed by atoms with Crippen LogP contribution in [-0.2, 0) is 4.79 Å². The molecule has 0 aromatic carbocycles. The highest BCUT2D eigenvalue weighted by Crippen LogP contribution is 2.04. The van der Waals surface area contributed by atoms with Crippen LogP contribution in [-0.4, -0.2) is 35.8 Å². The van der Waals surface area contributed by atoms with E-state index in [0.717, 1.165) is 0 Å². The molecule has 0 aliphatic rings. The molecule has 0 spiro atoms. The minimum absolute atomic E-state index is 0.0107. The molecule has 17 heavy (non-hydrogen) atoms. The lowest BCUT2D eigenvalue weighted by atomic mass is 10.1. The molecular formula is C12H18N2O3. The normalized spacial score (nSPS) is 11.1. The summed E-state index contributed by atoms with van der Waals surface area (Å²) in [4.78, 5) is 24.7. The number of likely N-dealkylation sites (N-methyl/N-ethyl adjacent to an activating group) is 1. The first-order chi connectivity index (χ1) is 7.79. The number of rotatable bonds is 3. The largest absolute Gasteiger partial charge is 0.459 e. The molecule has 0 radical (unpaired) electrons. The second kappa shape index (κ2) is 5.03. The van der Waals surface area contributed by atoms with Gasteiger partial charge in [0.1, 0.15) is 0 Å². The fourth-order valence-electron chi connectivity index (χ4n) is 1.33. The number of carbonyl (C=O) groups excluding carboxylic acids is 2.